The lowest BCUT2D eigenvalue weighted by atomic mass is 9.85. The van der Waals surface area contributed by atoms with E-state index in [-0.39, 0.29) is 35.5 Å². The van der Waals surface area contributed by atoms with Crippen molar-refractivity contribution in [2.75, 3.05) is 19.6 Å². The van der Waals surface area contributed by atoms with Gasteiger partial charge in [0.25, 0.3) is 0 Å². The Bertz CT molecular complexity index is 1030. The Balaban J connectivity index is 1.17. The first-order valence-corrected chi connectivity index (χ1v) is 11.3. The Morgan fingerprint density at radius 1 is 1.12 bits per heavy atom. The molecule has 1 aromatic carbocycles. The number of carbonyl (C=O) groups is 2. The molecule has 2 heterocycles. The van der Waals surface area contributed by atoms with E-state index in [1.54, 1.807) is 0 Å². The SMILES string of the molecule is CCNC(=NCc1ncc(-c2ccccc2)[nH]1)NCCN1C(=O)C2C3C=CC(C3)C2C1=O. The highest BCUT2D eigenvalue weighted by Gasteiger charge is 2.58. The molecule has 2 aliphatic carbocycles. The molecule has 1 aromatic heterocycles. The maximum absolute atomic E-state index is 12.8. The van der Waals surface area contributed by atoms with E-state index in [9.17, 15) is 9.59 Å². The molecule has 0 spiro atoms. The molecule has 8 nitrogen and oxygen atoms in total. The van der Waals surface area contributed by atoms with Crippen molar-refractivity contribution in [2.45, 2.75) is 19.9 Å². The van der Waals surface area contributed by atoms with Crippen LogP contribution in [-0.2, 0) is 16.1 Å². The third-order valence-electron chi connectivity index (χ3n) is 6.63. The van der Waals surface area contributed by atoms with Gasteiger partial charge in [0.05, 0.1) is 23.7 Å². The van der Waals surface area contributed by atoms with E-state index < -0.39 is 0 Å². The molecule has 8 heteroatoms. The van der Waals surface area contributed by atoms with Crippen LogP contribution in [0, 0.1) is 23.7 Å². The summed E-state index contributed by atoms with van der Waals surface area (Å²) in [5, 5.41) is 6.44. The lowest BCUT2D eigenvalue weighted by Gasteiger charge is -2.18. The summed E-state index contributed by atoms with van der Waals surface area (Å²) in [5.41, 5.74) is 2.03. The summed E-state index contributed by atoms with van der Waals surface area (Å²) in [7, 11) is 0. The Morgan fingerprint density at radius 2 is 1.84 bits per heavy atom. The summed E-state index contributed by atoms with van der Waals surface area (Å²) in [6, 6.07) is 10.0. The number of nitrogens with zero attached hydrogens (tertiary/aromatic N) is 3. The minimum absolute atomic E-state index is 0.00961. The molecule has 3 aliphatic rings. The molecular weight excluding hydrogens is 404 g/mol. The van der Waals surface area contributed by atoms with E-state index in [2.05, 4.69) is 37.7 Å². The zero-order valence-corrected chi connectivity index (χ0v) is 18.1. The van der Waals surface area contributed by atoms with Crippen LogP contribution >= 0.6 is 0 Å². The number of guanidine groups is 1. The van der Waals surface area contributed by atoms with Crippen molar-refractivity contribution in [3.05, 3.63) is 54.5 Å². The fraction of sp³-hybridized carbons (Fsp3) is 0.417. The molecule has 1 aliphatic heterocycles. The van der Waals surface area contributed by atoms with Crippen LogP contribution in [0.1, 0.15) is 19.2 Å². The first-order chi connectivity index (χ1) is 15.7. The van der Waals surface area contributed by atoms with E-state index in [0.717, 1.165) is 23.5 Å². The Morgan fingerprint density at radius 3 is 2.53 bits per heavy atom. The van der Waals surface area contributed by atoms with E-state index in [4.69, 9.17) is 0 Å². The van der Waals surface area contributed by atoms with Gasteiger partial charge in [0.2, 0.25) is 11.8 Å². The molecule has 2 amide bonds. The minimum atomic E-state index is -0.142. The highest BCUT2D eigenvalue weighted by atomic mass is 16.2. The minimum Gasteiger partial charge on any atom is -0.357 e. The maximum Gasteiger partial charge on any atom is 0.233 e. The number of nitrogens with one attached hydrogen (secondary N) is 3. The molecule has 166 valence electrons. The zero-order valence-electron chi connectivity index (χ0n) is 18.1. The number of H-pyrrole nitrogens is 1. The molecule has 2 fully saturated rings. The summed E-state index contributed by atoms with van der Waals surface area (Å²) in [6.07, 6.45) is 7.00. The van der Waals surface area contributed by atoms with Crippen molar-refractivity contribution in [3.63, 3.8) is 0 Å². The number of hydrogen-bond donors (Lipinski definition) is 3. The average Bonchev–Trinajstić information content (AvgIpc) is 3.59. The van der Waals surface area contributed by atoms with Gasteiger partial charge in [0.1, 0.15) is 12.4 Å². The second kappa shape index (κ2) is 8.61. The third-order valence-corrected chi connectivity index (χ3v) is 6.63. The van der Waals surface area contributed by atoms with E-state index in [1.165, 1.54) is 4.90 Å². The lowest BCUT2D eigenvalue weighted by molar-refractivity contribution is -0.140. The van der Waals surface area contributed by atoms with Crippen molar-refractivity contribution in [1.82, 2.24) is 25.5 Å². The number of amides is 2. The summed E-state index contributed by atoms with van der Waals surface area (Å²) >= 11 is 0. The van der Waals surface area contributed by atoms with Gasteiger partial charge in [-0.1, -0.05) is 42.5 Å². The number of aromatic amines is 1. The van der Waals surface area contributed by atoms with Crippen LogP contribution in [0.3, 0.4) is 0 Å². The predicted molar refractivity (Wildman–Crippen MR) is 121 cm³/mol. The summed E-state index contributed by atoms with van der Waals surface area (Å²) in [4.78, 5) is 39.4. The number of allylic oxidation sites excluding steroid dienone is 2. The fourth-order valence-corrected chi connectivity index (χ4v) is 5.17. The molecule has 2 bridgehead atoms. The number of rotatable bonds is 7. The van der Waals surface area contributed by atoms with Crippen molar-refractivity contribution in [3.8, 4) is 11.3 Å². The summed E-state index contributed by atoms with van der Waals surface area (Å²) in [6.45, 7) is 3.91. The largest absolute Gasteiger partial charge is 0.357 e. The van der Waals surface area contributed by atoms with Gasteiger partial charge < -0.3 is 15.6 Å². The Kier molecular flexibility index (Phi) is 5.51. The first kappa shape index (κ1) is 20.5. The Hall–Kier alpha value is -3.42. The van der Waals surface area contributed by atoms with Gasteiger partial charge in [0, 0.05) is 19.6 Å². The number of benzene rings is 1. The van der Waals surface area contributed by atoms with Gasteiger partial charge in [-0.25, -0.2) is 9.98 Å². The molecule has 3 N–H and O–H groups in total. The van der Waals surface area contributed by atoms with Gasteiger partial charge in [-0.2, -0.15) is 0 Å². The maximum atomic E-state index is 12.8. The molecule has 32 heavy (non-hydrogen) atoms. The van der Waals surface area contributed by atoms with Crippen LogP contribution in [0.25, 0.3) is 11.3 Å². The van der Waals surface area contributed by atoms with Gasteiger partial charge in [-0.15, -0.1) is 0 Å². The van der Waals surface area contributed by atoms with Crippen LogP contribution < -0.4 is 10.6 Å². The highest BCUT2D eigenvalue weighted by molar-refractivity contribution is 6.06. The second-order valence-corrected chi connectivity index (χ2v) is 8.56. The van der Waals surface area contributed by atoms with Gasteiger partial charge in [-0.05, 0) is 30.7 Å². The number of imide groups is 1. The molecule has 4 atom stereocenters. The molecule has 5 rings (SSSR count). The van der Waals surface area contributed by atoms with Crippen LogP contribution in [0.4, 0.5) is 0 Å². The molecular formula is C24H28N6O2. The van der Waals surface area contributed by atoms with E-state index >= 15 is 0 Å². The van der Waals surface area contributed by atoms with Crippen LogP contribution in [0.15, 0.2) is 53.7 Å². The zero-order chi connectivity index (χ0) is 22.1. The second-order valence-electron chi connectivity index (χ2n) is 8.56. The molecule has 1 saturated carbocycles. The number of hydrogen-bond acceptors (Lipinski definition) is 4. The van der Waals surface area contributed by atoms with Crippen LogP contribution in [-0.4, -0.2) is 52.3 Å². The van der Waals surface area contributed by atoms with Crippen molar-refractivity contribution in [1.29, 1.82) is 0 Å². The molecule has 2 aromatic rings. The summed E-state index contributed by atoms with van der Waals surface area (Å²) < 4.78 is 0. The predicted octanol–water partition coefficient (Wildman–Crippen LogP) is 1.94. The third kappa shape index (κ3) is 3.70. The van der Waals surface area contributed by atoms with Crippen molar-refractivity contribution < 1.29 is 9.59 Å². The number of imidazole rings is 1. The first-order valence-electron chi connectivity index (χ1n) is 11.3. The highest BCUT2D eigenvalue weighted by Crippen LogP contribution is 2.52. The lowest BCUT2D eigenvalue weighted by Crippen LogP contribution is -2.43. The fourth-order valence-electron chi connectivity index (χ4n) is 5.17. The molecule has 4 unspecified atom stereocenters. The molecule has 0 radical (unpaired) electrons. The van der Waals surface area contributed by atoms with Crippen molar-refractivity contribution >= 4 is 17.8 Å². The quantitative estimate of drug-likeness (QED) is 0.269. The smallest absolute Gasteiger partial charge is 0.233 e. The average molecular weight is 433 g/mol. The summed E-state index contributed by atoms with van der Waals surface area (Å²) in [5.74, 6) is 1.58. The number of aliphatic imine (C=N–C) groups is 1. The van der Waals surface area contributed by atoms with Gasteiger partial charge in [-0.3, -0.25) is 14.5 Å². The standard InChI is InChI=1S/C24H28N6O2/c1-2-25-24(28-14-19-27-13-18(29-19)15-6-4-3-5-7-15)26-10-11-30-22(31)20-16-8-9-17(12-16)21(20)23(30)32/h3-9,13,16-17,20-21H,2,10-12,14H2,1H3,(H,27,29)(H2,25,26,28). The van der Waals surface area contributed by atoms with Crippen LogP contribution in [0.2, 0.25) is 0 Å². The number of aromatic nitrogens is 2. The number of likely N-dealkylation sites (tertiary alicyclic amines) is 1. The number of fused-ring (bicyclic) bond motifs is 5. The van der Waals surface area contributed by atoms with Gasteiger partial charge >= 0.3 is 0 Å². The van der Waals surface area contributed by atoms with Crippen molar-refractivity contribution in [2.24, 2.45) is 28.7 Å². The topological polar surface area (TPSA) is 102 Å². The number of carbonyl (C=O) groups excluding carboxylic acids is 2. The monoisotopic (exact) mass is 432 g/mol. The van der Waals surface area contributed by atoms with Crippen LogP contribution in [0.5, 0.6) is 0 Å². The molecule has 1 saturated heterocycles. The van der Waals surface area contributed by atoms with E-state index in [0.29, 0.717) is 32.1 Å². The Labute approximate surface area is 187 Å². The van der Waals surface area contributed by atoms with E-state index in [1.807, 2.05) is 43.5 Å². The van der Waals surface area contributed by atoms with Gasteiger partial charge in [0.15, 0.2) is 5.96 Å². The normalized spacial score (nSPS) is 26.2.